The largest absolute Gasteiger partial charge is 0.309 e. The summed E-state index contributed by atoms with van der Waals surface area (Å²) >= 11 is 0. The second-order valence-electron chi connectivity index (χ2n) is 15.6. The van der Waals surface area contributed by atoms with Gasteiger partial charge in [0, 0.05) is 16.5 Å². The minimum atomic E-state index is 1.13. The van der Waals surface area contributed by atoms with Gasteiger partial charge in [0.15, 0.2) is 0 Å². The predicted octanol–water partition coefficient (Wildman–Crippen LogP) is 16.1. The highest BCUT2D eigenvalue weighted by Gasteiger charge is 2.23. The molecule has 12 aromatic rings. The molecule has 0 atom stereocenters. The van der Waals surface area contributed by atoms with E-state index in [1.54, 1.807) is 0 Å². The SMILES string of the molecule is c1ccc(-c2c3ccccc3c(-c3cccc(-n4c5cc(-c6ccccc6)c6ccccc6c5c5c6ccccc6c(-c6ccccc6)cc54)c3)c3ccccc23)cc1. The Morgan fingerprint density at radius 2 is 0.576 bits per heavy atom. The van der Waals surface area contributed by atoms with Crippen LogP contribution in [-0.2, 0) is 0 Å². The van der Waals surface area contributed by atoms with Crippen LogP contribution in [0.3, 0.4) is 0 Å². The van der Waals surface area contributed by atoms with Crippen molar-refractivity contribution in [1.82, 2.24) is 4.57 Å². The maximum atomic E-state index is 2.54. The Hall–Kier alpha value is -7.74. The minimum absolute atomic E-state index is 1.13. The molecule has 0 saturated carbocycles. The molecule has 59 heavy (non-hydrogen) atoms. The van der Waals surface area contributed by atoms with Crippen LogP contribution < -0.4 is 0 Å². The van der Waals surface area contributed by atoms with E-state index >= 15 is 0 Å². The highest BCUT2D eigenvalue weighted by Crippen LogP contribution is 2.48. The lowest BCUT2D eigenvalue weighted by Crippen LogP contribution is -1.96. The molecule has 1 heterocycles. The van der Waals surface area contributed by atoms with Gasteiger partial charge in [-0.15, -0.1) is 0 Å². The standard InChI is InChI=1S/C58H37N/c1-4-19-38(20-5-1)51-36-53-57(45-29-12-10-27-43(45)51)58-46-30-13-11-28-44(46)52(39-21-6-2-7-22-39)37-54(58)59(53)42-26-18-25-41(35-42)56-49-33-16-14-31-47(49)55(40-23-8-3-9-24-40)48-32-15-17-34-50(48)56/h1-37H. The second kappa shape index (κ2) is 13.4. The first-order valence-electron chi connectivity index (χ1n) is 20.4. The number of nitrogens with zero attached hydrogens (tertiary/aromatic N) is 1. The molecule has 0 aliphatic carbocycles. The van der Waals surface area contributed by atoms with Crippen LogP contribution in [0.1, 0.15) is 0 Å². The third-order valence-corrected chi connectivity index (χ3v) is 12.3. The molecule has 0 aliphatic rings. The van der Waals surface area contributed by atoms with Gasteiger partial charge in [-0.05, 0) is 112 Å². The van der Waals surface area contributed by atoms with Crippen molar-refractivity contribution in [3.8, 4) is 50.2 Å². The van der Waals surface area contributed by atoms with E-state index in [0.717, 1.165) is 5.69 Å². The lowest BCUT2D eigenvalue weighted by Gasteiger charge is -2.18. The van der Waals surface area contributed by atoms with E-state index in [0.29, 0.717) is 0 Å². The summed E-state index contributed by atoms with van der Waals surface area (Å²) in [5, 5.41) is 12.6. The summed E-state index contributed by atoms with van der Waals surface area (Å²) in [6.45, 7) is 0. The van der Waals surface area contributed by atoms with Crippen LogP contribution in [0.15, 0.2) is 224 Å². The third kappa shape index (κ3) is 5.18. The van der Waals surface area contributed by atoms with E-state index in [-0.39, 0.29) is 0 Å². The maximum absolute atomic E-state index is 2.54. The zero-order valence-electron chi connectivity index (χ0n) is 32.3. The third-order valence-electron chi connectivity index (χ3n) is 12.3. The average Bonchev–Trinajstić information content (AvgIpc) is 3.65. The van der Waals surface area contributed by atoms with E-state index in [9.17, 15) is 0 Å². The highest BCUT2D eigenvalue weighted by atomic mass is 15.0. The lowest BCUT2D eigenvalue weighted by molar-refractivity contribution is 1.18. The van der Waals surface area contributed by atoms with Gasteiger partial charge in [0.2, 0.25) is 0 Å². The molecule has 0 radical (unpaired) electrons. The predicted molar refractivity (Wildman–Crippen MR) is 253 cm³/mol. The number of aromatic nitrogens is 1. The Kier molecular flexibility index (Phi) is 7.61. The van der Waals surface area contributed by atoms with Crippen molar-refractivity contribution >= 4 is 64.9 Å². The minimum Gasteiger partial charge on any atom is -0.309 e. The molecular formula is C58H37N. The van der Waals surface area contributed by atoms with Gasteiger partial charge in [0.25, 0.3) is 0 Å². The molecule has 1 heteroatoms. The summed E-state index contributed by atoms with van der Waals surface area (Å²) in [7, 11) is 0. The molecule has 0 aliphatic heterocycles. The first-order valence-corrected chi connectivity index (χ1v) is 20.4. The van der Waals surface area contributed by atoms with E-state index in [2.05, 4.69) is 229 Å². The van der Waals surface area contributed by atoms with E-state index in [4.69, 9.17) is 0 Å². The molecule has 0 bridgehead atoms. The second-order valence-corrected chi connectivity index (χ2v) is 15.6. The van der Waals surface area contributed by atoms with Crippen molar-refractivity contribution < 1.29 is 0 Å². The molecule has 274 valence electrons. The topological polar surface area (TPSA) is 4.93 Å². The van der Waals surface area contributed by atoms with Crippen molar-refractivity contribution in [2.75, 3.05) is 0 Å². The number of rotatable bonds is 5. The zero-order valence-corrected chi connectivity index (χ0v) is 32.3. The summed E-state index contributed by atoms with van der Waals surface area (Å²) in [4.78, 5) is 0. The first kappa shape index (κ1) is 33.4. The molecule has 1 aromatic heterocycles. The van der Waals surface area contributed by atoms with E-state index in [1.165, 1.54) is 109 Å². The lowest BCUT2D eigenvalue weighted by atomic mass is 9.86. The number of hydrogen-bond acceptors (Lipinski definition) is 0. The molecule has 0 unspecified atom stereocenters. The molecule has 11 aromatic carbocycles. The number of hydrogen-bond donors (Lipinski definition) is 0. The van der Waals surface area contributed by atoms with Crippen LogP contribution in [0, 0.1) is 0 Å². The number of benzene rings is 11. The Balaban J connectivity index is 1.23. The molecule has 12 rings (SSSR count). The van der Waals surface area contributed by atoms with Crippen molar-refractivity contribution in [2.24, 2.45) is 0 Å². The van der Waals surface area contributed by atoms with E-state index < -0.39 is 0 Å². The Labute approximate surface area is 342 Å². The van der Waals surface area contributed by atoms with Crippen LogP contribution in [0.4, 0.5) is 0 Å². The van der Waals surface area contributed by atoms with E-state index in [1.807, 2.05) is 0 Å². The summed E-state index contributed by atoms with van der Waals surface area (Å²) in [5.41, 5.74) is 13.4. The smallest absolute Gasteiger partial charge is 0.0553 e. The van der Waals surface area contributed by atoms with Crippen molar-refractivity contribution in [3.05, 3.63) is 224 Å². The van der Waals surface area contributed by atoms with Gasteiger partial charge in [0.05, 0.1) is 11.0 Å². The van der Waals surface area contributed by atoms with Gasteiger partial charge < -0.3 is 4.57 Å². The van der Waals surface area contributed by atoms with Gasteiger partial charge in [-0.2, -0.15) is 0 Å². The highest BCUT2D eigenvalue weighted by molar-refractivity contribution is 6.32. The van der Waals surface area contributed by atoms with Gasteiger partial charge in [0.1, 0.15) is 0 Å². The first-order chi connectivity index (χ1) is 29.3. The molecule has 1 nitrogen and oxygen atoms in total. The molecule has 0 N–H and O–H groups in total. The summed E-state index contributed by atoms with van der Waals surface area (Å²) in [6, 6.07) is 82.5. The fraction of sp³-hybridized carbons (Fsp3) is 0. The molecule has 0 saturated heterocycles. The maximum Gasteiger partial charge on any atom is 0.0553 e. The molecular weight excluding hydrogens is 711 g/mol. The molecule has 0 fully saturated rings. The molecule has 0 amide bonds. The monoisotopic (exact) mass is 747 g/mol. The summed E-state index contributed by atoms with van der Waals surface area (Å²) in [6.07, 6.45) is 0. The van der Waals surface area contributed by atoms with Crippen molar-refractivity contribution in [1.29, 1.82) is 0 Å². The van der Waals surface area contributed by atoms with Crippen LogP contribution in [0.2, 0.25) is 0 Å². The van der Waals surface area contributed by atoms with Gasteiger partial charge in [-0.25, -0.2) is 0 Å². The summed E-state index contributed by atoms with van der Waals surface area (Å²) in [5.74, 6) is 0. The Morgan fingerprint density at radius 1 is 0.237 bits per heavy atom. The summed E-state index contributed by atoms with van der Waals surface area (Å²) < 4.78 is 2.54. The van der Waals surface area contributed by atoms with Crippen LogP contribution >= 0.6 is 0 Å². The normalized spacial score (nSPS) is 11.7. The number of fused-ring (bicyclic) bond motifs is 9. The van der Waals surface area contributed by atoms with Crippen LogP contribution in [0.5, 0.6) is 0 Å². The van der Waals surface area contributed by atoms with Gasteiger partial charge in [-0.3, -0.25) is 0 Å². The average molecular weight is 748 g/mol. The van der Waals surface area contributed by atoms with Gasteiger partial charge in [-0.1, -0.05) is 200 Å². The van der Waals surface area contributed by atoms with Crippen molar-refractivity contribution in [3.63, 3.8) is 0 Å². The zero-order chi connectivity index (χ0) is 38.9. The molecule has 0 spiro atoms. The van der Waals surface area contributed by atoms with Crippen molar-refractivity contribution in [2.45, 2.75) is 0 Å². The van der Waals surface area contributed by atoms with Crippen LogP contribution in [-0.4, -0.2) is 4.57 Å². The Morgan fingerprint density at radius 3 is 1.02 bits per heavy atom. The fourth-order valence-electron chi connectivity index (χ4n) is 9.88. The quantitative estimate of drug-likeness (QED) is 0.155. The Bertz CT molecular complexity index is 3390. The fourth-order valence-corrected chi connectivity index (χ4v) is 9.88. The van der Waals surface area contributed by atoms with Crippen LogP contribution in [0.25, 0.3) is 115 Å². The van der Waals surface area contributed by atoms with Gasteiger partial charge >= 0.3 is 0 Å².